The molecule has 1 rings (SSSR count). The molecule has 1 aromatic rings. The summed E-state index contributed by atoms with van der Waals surface area (Å²) in [6, 6.07) is 4.16. The van der Waals surface area contributed by atoms with E-state index in [0.29, 0.717) is 0 Å². The molecule has 0 N–H and O–H groups in total. The Bertz CT molecular complexity index is 443. The highest BCUT2D eigenvalue weighted by molar-refractivity contribution is 5.91. The third-order valence-corrected chi connectivity index (χ3v) is 2.42. The van der Waals surface area contributed by atoms with Gasteiger partial charge in [-0.3, -0.25) is 4.79 Å². The van der Waals surface area contributed by atoms with Crippen LogP contribution in [0, 0.1) is 5.82 Å². The number of halogens is 1. The molecule has 0 unspecified atom stereocenters. The van der Waals surface area contributed by atoms with Gasteiger partial charge in [-0.2, -0.15) is 0 Å². The average Bonchev–Trinajstić information content (AvgIpc) is 2.36. The molecular weight excluding hydrogens is 239 g/mol. The molecule has 0 heterocycles. The lowest BCUT2D eigenvalue weighted by Crippen LogP contribution is -2.11. The van der Waals surface area contributed by atoms with Gasteiger partial charge >= 0.3 is 11.9 Å². The van der Waals surface area contributed by atoms with Crippen LogP contribution in [0.15, 0.2) is 18.2 Å². The van der Waals surface area contributed by atoms with Crippen LogP contribution in [-0.4, -0.2) is 25.7 Å². The Kier molecular flexibility index (Phi) is 5.30. The van der Waals surface area contributed by atoms with Gasteiger partial charge in [0.1, 0.15) is 5.82 Å². The van der Waals surface area contributed by atoms with Gasteiger partial charge in [0.05, 0.1) is 19.3 Å². The molecule has 0 atom stereocenters. The van der Waals surface area contributed by atoms with Crippen molar-refractivity contribution in [3.05, 3.63) is 35.1 Å². The lowest BCUT2D eigenvalue weighted by Gasteiger charge is -2.09. The monoisotopic (exact) mass is 254 g/mol. The van der Waals surface area contributed by atoms with Gasteiger partial charge in [0.25, 0.3) is 0 Å². The molecule has 0 fully saturated rings. The molecule has 0 radical (unpaired) electrons. The van der Waals surface area contributed by atoms with Crippen LogP contribution in [0.5, 0.6) is 0 Å². The van der Waals surface area contributed by atoms with Crippen LogP contribution in [0.25, 0.3) is 0 Å². The summed E-state index contributed by atoms with van der Waals surface area (Å²) in [7, 11) is 1.26. The van der Waals surface area contributed by atoms with Crippen molar-refractivity contribution < 1.29 is 23.5 Å². The summed E-state index contributed by atoms with van der Waals surface area (Å²) in [5.41, 5.74) is 0.335. The Balaban J connectivity index is 2.93. The molecule has 0 aromatic heterocycles. The molecule has 0 spiro atoms. The van der Waals surface area contributed by atoms with E-state index in [1.807, 2.05) is 0 Å². The van der Waals surface area contributed by atoms with Gasteiger partial charge in [0, 0.05) is 12.0 Å². The molecule has 0 aliphatic rings. The number of esters is 2. The molecule has 4 nitrogen and oxygen atoms in total. The third-order valence-electron chi connectivity index (χ3n) is 2.42. The molecule has 0 saturated heterocycles. The fourth-order valence-electron chi connectivity index (χ4n) is 1.54. The van der Waals surface area contributed by atoms with Gasteiger partial charge in [-0.05, 0) is 25.5 Å². The van der Waals surface area contributed by atoms with Crippen molar-refractivity contribution in [1.82, 2.24) is 0 Å². The fraction of sp³-hybridized carbons (Fsp3) is 0.385. The first-order valence-corrected chi connectivity index (χ1v) is 5.61. The van der Waals surface area contributed by atoms with Crippen LogP contribution in [0.3, 0.4) is 0 Å². The number of ether oxygens (including phenoxy) is 2. The minimum absolute atomic E-state index is 0.0177. The summed E-state index contributed by atoms with van der Waals surface area (Å²) >= 11 is 0. The Labute approximate surface area is 105 Å². The quantitative estimate of drug-likeness (QED) is 0.755. The number of methoxy groups -OCH3 is 1. The molecule has 98 valence electrons. The van der Waals surface area contributed by atoms with Crippen LogP contribution in [0.1, 0.15) is 29.3 Å². The Hall–Kier alpha value is -1.91. The van der Waals surface area contributed by atoms with Crippen molar-refractivity contribution in [2.75, 3.05) is 13.7 Å². The zero-order valence-electron chi connectivity index (χ0n) is 10.4. The van der Waals surface area contributed by atoms with E-state index in [9.17, 15) is 14.0 Å². The summed E-state index contributed by atoms with van der Waals surface area (Å²) in [4.78, 5) is 22.7. The summed E-state index contributed by atoms with van der Waals surface area (Å²) in [5.74, 6) is -1.56. The SMILES string of the molecule is CCOC(=O)c1cccc(F)c1CCC(=O)OC. The number of carbonyl (C=O) groups is 2. The van der Waals surface area contributed by atoms with Crippen molar-refractivity contribution in [3.63, 3.8) is 0 Å². The van der Waals surface area contributed by atoms with Gasteiger partial charge in [-0.25, -0.2) is 9.18 Å². The largest absolute Gasteiger partial charge is 0.469 e. The number of hydrogen-bond acceptors (Lipinski definition) is 4. The maximum absolute atomic E-state index is 13.6. The molecule has 18 heavy (non-hydrogen) atoms. The van der Waals surface area contributed by atoms with Crippen LogP contribution in [0.4, 0.5) is 4.39 Å². The van der Waals surface area contributed by atoms with E-state index in [2.05, 4.69) is 4.74 Å². The Morgan fingerprint density at radius 3 is 2.67 bits per heavy atom. The van der Waals surface area contributed by atoms with Gasteiger partial charge in [-0.1, -0.05) is 6.07 Å². The Morgan fingerprint density at radius 2 is 2.06 bits per heavy atom. The predicted octanol–water partition coefficient (Wildman–Crippen LogP) is 2.11. The van der Waals surface area contributed by atoms with E-state index in [1.54, 1.807) is 6.92 Å². The van der Waals surface area contributed by atoms with E-state index in [1.165, 1.54) is 25.3 Å². The minimum Gasteiger partial charge on any atom is -0.469 e. The molecule has 1 aromatic carbocycles. The molecular formula is C13H15FO4. The first kappa shape index (κ1) is 14.2. The fourth-order valence-corrected chi connectivity index (χ4v) is 1.54. The van der Waals surface area contributed by atoms with E-state index >= 15 is 0 Å². The smallest absolute Gasteiger partial charge is 0.338 e. The summed E-state index contributed by atoms with van der Waals surface area (Å²) in [6.45, 7) is 1.89. The second kappa shape index (κ2) is 6.74. The van der Waals surface area contributed by atoms with Gasteiger partial charge in [0.2, 0.25) is 0 Å². The van der Waals surface area contributed by atoms with Crippen LogP contribution < -0.4 is 0 Å². The zero-order valence-corrected chi connectivity index (χ0v) is 10.4. The third kappa shape index (κ3) is 3.55. The zero-order chi connectivity index (χ0) is 13.5. The van der Waals surface area contributed by atoms with E-state index in [4.69, 9.17) is 4.74 Å². The van der Waals surface area contributed by atoms with Crippen molar-refractivity contribution in [3.8, 4) is 0 Å². The Morgan fingerprint density at radius 1 is 1.33 bits per heavy atom. The van der Waals surface area contributed by atoms with Crippen molar-refractivity contribution in [2.24, 2.45) is 0 Å². The minimum atomic E-state index is -0.586. The topological polar surface area (TPSA) is 52.6 Å². The number of carbonyl (C=O) groups excluding carboxylic acids is 2. The summed E-state index contributed by atoms with van der Waals surface area (Å²) in [5, 5.41) is 0. The lowest BCUT2D eigenvalue weighted by atomic mass is 10.0. The number of rotatable bonds is 5. The number of benzene rings is 1. The maximum Gasteiger partial charge on any atom is 0.338 e. The van der Waals surface area contributed by atoms with Crippen LogP contribution >= 0.6 is 0 Å². The van der Waals surface area contributed by atoms with Crippen LogP contribution in [-0.2, 0) is 20.7 Å². The molecule has 5 heteroatoms. The van der Waals surface area contributed by atoms with Crippen molar-refractivity contribution in [2.45, 2.75) is 19.8 Å². The first-order chi connectivity index (χ1) is 8.60. The highest BCUT2D eigenvalue weighted by Crippen LogP contribution is 2.17. The van der Waals surface area contributed by atoms with Gasteiger partial charge < -0.3 is 9.47 Å². The van der Waals surface area contributed by atoms with E-state index in [0.717, 1.165) is 0 Å². The highest BCUT2D eigenvalue weighted by atomic mass is 19.1. The highest BCUT2D eigenvalue weighted by Gasteiger charge is 2.17. The maximum atomic E-state index is 13.6. The predicted molar refractivity (Wildman–Crippen MR) is 62.7 cm³/mol. The molecule has 0 aliphatic heterocycles. The second-order valence-electron chi connectivity index (χ2n) is 3.56. The van der Waals surface area contributed by atoms with E-state index in [-0.39, 0.29) is 30.6 Å². The average molecular weight is 254 g/mol. The van der Waals surface area contributed by atoms with Gasteiger partial charge in [-0.15, -0.1) is 0 Å². The lowest BCUT2D eigenvalue weighted by molar-refractivity contribution is -0.140. The van der Waals surface area contributed by atoms with Crippen molar-refractivity contribution >= 4 is 11.9 Å². The standard InChI is InChI=1S/C13H15FO4/c1-3-18-13(16)10-5-4-6-11(14)9(10)7-8-12(15)17-2/h4-6H,3,7-8H2,1-2H3. The molecule has 0 saturated carbocycles. The summed E-state index contributed by atoms with van der Waals surface area (Å²) in [6.07, 6.45) is 0.122. The van der Waals surface area contributed by atoms with Crippen molar-refractivity contribution in [1.29, 1.82) is 0 Å². The first-order valence-electron chi connectivity index (χ1n) is 5.61. The van der Waals surface area contributed by atoms with Gasteiger partial charge in [0.15, 0.2) is 0 Å². The molecule has 0 amide bonds. The van der Waals surface area contributed by atoms with Crippen LogP contribution in [0.2, 0.25) is 0 Å². The molecule has 0 bridgehead atoms. The normalized spacial score (nSPS) is 9.94. The summed E-state index contributed by atoms with van der Waals surface area (Å²) < 4.78 is 23.0. The number of hydrogen-bond donors (Lipinski definition) is 0. The van der Waals surface area contributed by atoms with E-state index < -0.39 is 17.8 Å². The molecule has 0 aliphatic carbocycles. The second-order valence-corrected chi connectivity index (χ2v) is 3.56.